The van der Waals surface area contributed by atoms with E-state index in [9.17, 15) is 17.2 Å². The lowest BCUT2D eigenvalue weighted by molar-refractivity contribution is 0.504. The van der Waals surface area contributed by atoms with E-state index in [0.717, 1.165) is 43.9 Å². The summed E-state index contributed by atoms with van der Waals surface area (Å²) in [5, 5.41) is 3.20. The van der Waals surface area contributed by atoms with Crippen molar-refractivity contribution >= 4 is 33.0 Å². The van der Waals surface area contributed by atoms with Gasteiger partial charge in [-0.2, -0.15) is 0 Å². The van der Waals surface area contributed by atoms with Gasteiger partial charge in [-0.25, -0.2) is 27.2 Å². The molecular formula is C21H21F2N5O2S. The first kappa shape index (κ1) is 21.0. The van der Waals surface area contributed by atoms with E-state index in [-0.39, 0.29) is 10.6 Å². The summed E-state index contributed by atoms with van der Waals surface area (Å²) in [5.41, 5.74) is 0.994. The van der Waals surface area contributed by atoms with Crippen molar-refractivity contribution in [3.8, 4) is 0 Å². The molecule has 10 heteroatoms. The van der Waals surface area contributed by atoms with Crippen LogP contribution in [0.3, 0.4) is 0 Å². The number of hydrogen-bond acceptors (Lipinski definition) is 6. The van der Waals surface area contributed by atoms with Crippen LogP contribution in [0.2, 0.25) is 0 Å². The Labute approximate surface area is 179 Å². The molecule has 0 unspecified atom stereocenters. The fourth-order valence-corrected chi connectivity index (χ4v) is 4.42. The van der Waals surface area contributed by atoms with Crippen LogP contribution < -0.4 is 14.9 Å². The smallest absolute Gasteiger partial charge is 0.261 e. The molecular weight excluding hydrogens is 424 g/mol. The number of benzene rings is 2. The summed E-state index contributed by atoms with van der Waals surface area (Å²) in [6.07, 6.45) is 2.29. The molecule has 0 aliphatic carbocycles. The maximum absolute atomic E-state index is 13.4. The summed E-state index contributed by atoms with van der Waals surface area (Å²) in [5.74, 6) is -0.158. The van der Waals surface area contributed by atoms with Gasteiger partial charge in [-0.15, -0.1) is 0 Å². The zero-order valence-electron chi connectivity index (χ0n) is 16.8. The molecule has 1 saturated heterocycles. The van der Waals surface area contributed by atoms with Crippen LogP contribution in [0.5, 0.6) is 0 Å². The van der Waals surface area contributed by atoms with E-state index >= 15 is 0 Å². The molecule has 1 aliphatic heterocycles. The van der Waals surface area contributed by atoms with Gasteiger partial charge in [0.25, 0.3) is 10.0 Å². The zero-order valence-corrected chi connectivity index (χ0v) is 17.6. The van der Waals surface area contributed by atoms with Gasteiger partial charge in [-0.3, -0.25) is 4.72 Å². The molecule has 0 bridgehead atoms. The molecule has 1 fully saturated rings. The van der Waals surface area contributed by atoms with Crippen LogP contribution in [0.15, 0.2) is 53.4 Å². The molecule has 0 saturated carbocycles. The van der Waals surface area contributed by atoms with Crippen molar-refractivity contribution in [3.63, 3.8) is 0 Å². The maximum atomic E-state index is 13.4. The lowest BCUT2D eigenvalue weighted by Crippen LogP contribution is -2.19. The minimum absolute atomic E-state index is 0.284. The van der Waals surface area contributed by atoms with Gasteiger partial charge in [0.1, 0.15) is 17.5 Å². The largest absolute Gasteiger partial charge is 0.356 e. The zero-order chi connectivity index (χ0) is 22.0. The first-order valence-electron chi connectivity index (χ1n) is 9.76. The highest BCUT2D eigenvalue weighted by atomic mass is 32.2. The Morgan fingerprint density at radius 3 is 2.26 bits per heavy atom. The number of nitrogens with zero attached hydrogens (tertiary/aromatic N) is 3. The minimum atomic E-state index is -4.05. The van der Waals surface area contributed by atoms with Crippen LogP contribution in [0.25, 0.3) is 0 Å². The van der Waals surface area contributed by atoms with Crippen LogP contribution in [-0.4, -0.2) is 31.5 Å². The first-order chi connectivity index (χ1) is 14.8. The van der Waals surface area contributed by atoms with Gasteiger partial charge in [0, 0.05) is 30.5 Å². The van der Waals surface area contributed by atoms with Gasteiger partial charge >= 0.3 is 0 Å². The van der Waals surface area contributed by atoms with E-state index in [0.29, 0.717) is 23.4 Å². The SMILES string of the molecule is Cc1nc(Nc2ccc(NS(=O)(=O)c3ccc(F)c(F)c3)cc2)cc(N2CCCC2)n1. The Kier molecular flexibility index (Phi) is 5.73. The standard InChI is InChI=1S/C21H21F2N5O2S/c1-14-24-20(13-21(25-14)28-10-2-3-11-28)26-15-4-6-16(7-5-15)27-31(29,30)17-8-9-18(22)19(23)12-17/h4-9,12-13,27H,2-3,10-11H2,1H3,(H,24,25,26). The molecule has 2 heterocycles. The highest BCUT2D eigenvalue weighted by Gasteiger charge is 2.17. The normalized spacial score (nSPS) is 14.0. The van der Waals surface area contributed by atoms with E-state index in [1.165, 1.54) is 0 Å². The second kappa shape index (κ2) is 8.46. The highest BCUT2D eigenvalue weighted by Crippen LogP contribution is 2.24. The highest BCUT2D eigenvalue weighted by molar-refractivity contribution is 7.92. The Morgan fingerprint density at radius 1 is 0.903 bits per heavy atom. The van der Waals surface area contributed by atoms with E-state index in [1.54, 1.807) is 24.3 Å². The molecule has 2 aromatic carbocycles. The second-order valence-electron chi connectivity index (χ2n) is 7.24. The number of anilines is 4. The van der Waals surface area contributed by atoms with Crippen molar-refractivity contribution in [2.75, 3.05) is 28.0 Å². The summed E-state index contributed by atoms with van der Waals surface area (Å²) in [7, 11) is -4.05. The maximum Gasteiger partial charge on any atom is 0.261 e. The Morgan fingerprint density at radius 2 is 1.58 bits per heavy atom. The summed E-state index contributed by atoms with van der Waals surface area (Å²) in [6, 6.07) is 10.8. The fourth-order valence-electron chi connectivity index (χ4n) is 3.35. The van der Waals surface area contributed by atoms with Crippen molar-refractivity contribution in [2.24, 2.45) is 0 Å². The molecule has 0 atom stereocenters. The van der Waals surface area contributed by atoms with Crippen LogP contribution in [0.4, 0.5) is 31.8 Å². The number of aryl methyl sites for hydroxylation is 1. The molecule has 0 amide bonds. The summed E-state index contributed by atoms with van der Waals surface area (Å²) >= 11 is 0. The number of aromatic nitrogens is 2. The molecule has 0 radical (unpaired) electrons. The number of nitrogens with one attached hydrogen (secondary N) is 2. The van der Waals surface area contributed by atoms with Crippen LogP contribution in [0.1, 0.15) is 18.7 Å². The van der Waals surface area contributed by atoms with Crippen molar-refractivity contribution < 1.29 is 17.2 Å². The quantitative estimate of drug-likeness (QED) is 0.591. The summed E-state index contributed by atoms with van der Waals surface area (Å²) in [6.45, 7) is 3.78. The topological polar surface area (TPSA) is 87.2 Å². The number of sulfonamides is 1. The van der Waals surface area contributed by atoms with Gasteiger partial charge in [0.2, 0.25) is 0 Å². The number of halogens is 2. The third-order valence-electron chi connectivity index (χ3n) is 4.87. The van der Waals surface area contributed by atoms with E-state index in [4.69, 9.17) is 0 Å². The van der Waals surface area contributed by atoms with Gasteiger partial charge in [-0.05, 0) is 62.2 Å². The Hall–Kier alpha value is -3.27. The monoisotopic (exact) mass is 445 g/mol. The van der Waals surface area contributed by atoms with Crippen LogP contribution in [0, 0.1) is 18.6 Å². The summed E-state index contributed by atoms with van der Waals surface area (Å²) in [4.78, 5) is 10.8. The predicted octanol–water partition coefficient (Wildman–Crippen LogP) is 4.21. The Bertz CT molecular complexity index is 1200. The third kappa shape index (κ3) is 4.91. The Balaban J connectivity index is 1.48. The van der Waals surface area contributed by atoms with Crippen LogP contribution in [-0.2, 0) is 10.0 Å². The van der Waals surface area contributed by atoms with Crippen molar-refractivity contribution in [2.45, 2.75) is 24.7 Å². The molecule has 1 aliphatic rings. The molecule has 4 rings (SSSR count). The van der Waals surface area contributed by atoms with E-state index < -0.39 is 21.7 Å². The lowest BCUT2D eigenvalue weighted by Gasteiger charge is -2.18. The van der Waals surface area contributed by atoms with Crippen molar-refractivity contribution in [1.29, 1.82) is 0 Å². The molecule has 0 spiro atoms. The van der Waals surface area contributed by atoms with Crippen LogP contribution >= 0.6 is 0 Å². The molecule has 31 heavy (non-hydrogen) atoms. The molecule has 3 aromatic rings. The van der Waals surface area contributed by atoms with E-state index in [1.807, 2.05) is 13.0 Å². The fraction of sp³-hybridized carbons (Fsp3) is 0.238. The number of rotatable bonds is 6. The molecule has 2 N–H and O–H groups in total. The molecule has 162 valence electrons. The lowest BCUT2D eigenvalue weighted by atomic mass is 10.3. The van der Waals surface area contributed by atoms with Gasteiger partial charge in [0.05, 0.1) is 4.90 Å². The van der Waals surface area contributed by atoms with Gasteiger partial charge in [0.15, 0.2) is 11.6 Å². The second-order valence-corrected chi connectivity index (χ2v) is 8.92. The van der Waals surface area contributed by atoms with Gasteiger partial charge < -0.3 is 10.2 Å². The van der Waals surface area contributed by atoms with E-state index in [2.05, 4.69) is 24.9 Å². The van der Waals surface area contributed by atoms with Crippen molar-refractivity contribution in [3.05, 3.63) is 66.0 Å². The third-order valence-corrected chi connectivity index (χ3v) is 6.24. The average Bonchev–Trinajstić information content (AvgIpc) is 3.26. The summed E-state index contributed by atoms with van der Waals surface area (Å²) < 4.78 is 53.6. The first-order valence-corrected chi connectivity index (χ1v) is 11.2. The van der Waals surface area contributed by atoms with Gasteiger partial charge in [-0.1, -0.05) is 0 Å². The average molecular weight is 445 g/mol. The molecule has 7 nitrogen and oxygen atoms in total. The predicted molar refractivity (Wildman–Crippen MR) is 115 cm³/mol. The minimum Gasteiger partial charge on any atom is -0.356 e. The molecule has 1 aromatic heterocycles. The van der Waals surface area contributed by atoms with Crippen molar-refractivity contribution in [1.82, 2.24) is 9.97 Å². The number of hydrogen-bond donors (Lipinski definition) is 2.